The molecule has 422 valence electrons. The molecule has 76 heavy (non-hydrogen) atoms. The molecule has 2 aromatic carbocycles. The van der Waals surface area contributed by atoms with Crippen molar-refractivity contribution in [2.75, 3.05) is 67.4 Å². The van der Waals surface area contributed by atoms with Crippen molar-refractivity contribution < 1.29 is 61.5 Å². The summed E-state index contributed by atoms with van der Waals surface area (Å²) in [5.74, 6) is -0.369. The lowest BCUT2D eigenvalue weighted by molar-refractivity contribution is -0.191. The number of hydrogen-bond acceptors (Lipinski definition) is 15. The van der Waals surface area contributed by atoms with E-state index in [1.54, 1.807) is 16.9 Å². The van der Waals surface area contributed by atoms with E-state index in [2.05, 4.69) is 91.9 Å². The maximum absolute atomic E-state index is 13.4. The van der Waals surface area contributed by atoms with Crippen LogP contribution in [0.4, 0.5) is 9.59 Å². The number of benzene rings is 2. The lowest BCUT2D eigenvalue weighted by Crippen LogP contribution is -2.62. The average molecular weight is 1080 g/mol. The highest BCUT2D eigenvalue weighted by Gasteiger charge is 2.70. The van der Waals surface area contributed by atoms with Crippen molar-refractivity contribution in [2.45, 2.75) is 174 Å². The van der Waals surface area contributed by atoms with E-state index in [1.165, 1.54) is 18.9 Å². The fraction of sp³-hybridized carbons (Fsp3) is 0.679. The van der Waals surface area contributed by atoms with Crippen LogP contribution in [0.5, 0.6) is 0 Å². The maximum atomic E-state index is 13.4. The van der Waals surface area contributed by atoms with Gasteiger partial charge in [-0.15, -0.1) is 0 Å². The number of carbonyl (C=O) groups is 3. The summed E-state index contributed by atoms with van der Waals surface area (Å²) in [6.07, 6.45) is 7.47. The van der Waals surface area contributed by atoms with Gasteiger partial charge in [0.2, 0.25) is 0 Å². The highest BCUT2D eigenvalue weighted by Crippen LogP contribution is 2.55. The molecule has 0 aliphatic carbocycles. The Morgan fingerprint density at radius 3 is 1.66 bits per heavy atom. The monoisotopic (exact) mass is 1080 g/mol. The van der Waals surface area contributed by atoms with Crippen molar-refractivity contribution >= 4 is 46.6 Å². The number of fused-ring (bicyclic) bond motifs is 1. The minimum absolute atomic E-state index is 0.153. The summed E-state index contributed by atoms with van der Waals surface area (Å²) in [6.45, 7) is 29.2. The summed E-state index contributed by atoms with van der Waals surface area (Å²) in [5, 5.41) is 0. The zero-order valence-corrected chi connectivity index (χ0v) is 49.8. The van der Waals surface area contributed by atoms with Gasteiger partial charge in [-0.2, -0.15) is 9.59 Å². The highest BCUT2D eigenvalue weighted by atomic mass is 28.3. The number of likely N-dealkylation sites (N-methyl/N-ethyl adjacent to an activating group) is 1. The number of hydrogen-bond donors (Lipinski definition) is 0. The van der Waals surface area contributed by atoms with Gasteiger partial charge in [0.05, 0.1) is 44.3 Å². The molecule has 0 spiro atoms. The van der Waals surface area contributed by atoms with Gasteiger partial charge in [-0.1, -0.05) is 93.1 Å². The molecule has 20 heteroatoms. The van der Waals surface area contributed by atoms with Gasteiger partial charge in [0.25, 0.3) is 0 Å². The third-order valence-electron chi connectivity index (χ3n) is 15.9. The molecule has 5 heterocycles. The van der Waals surface area contributed by atoms with Gasteiger partial charge in [-0.25, -0.2) is 14.4 Å². The van der Waals surface area contributed by atoms with E-state index in [4.69, 9.17) is 47.2 Å². The van der Waals surface area contributed by atoms with Crippen LogP contribution in [0.2, 0.25) is 32.3 Å². The van der Waals surface area contributed by atoms with Gasteiger partial charge < -0.3 is 42.5 Å². The summed E-state index contributed by atoms with van der Waals surface area (Å²) >= 11 is 0. The van der Waals surface area contributed by atoms with Crippen molar-refractivity contribution in [3.8, 4) is 0 Å². The van der Waals surface area contributed by atoms with Crippen molar-refractivity contribution in [1.29, 1.82) is 0 Å². The van der Waals surface area contributed by atoms with Crippen molar-refractivity contribution in [3.05, 3.63) is 83.1 Å². The third-order valence-corrected chi connectivity index (χ3v) is 17.4. The molecule has 5 aliphatic heterocycles. The van der Waals surface area contributed by atoms with Crippen LogP contribution in [0.3, 0.4) is 0 Å². The number of carbonyl (C=O) groups excluding carboxylic acids is 5. The Balaban J connectivity index is 0.000000271. The minimum Gasteiger partial charge on any atom is -0.467 e. The second-order valence-corrected chi connectivity index (χ2v) is 29.5. The summed E-state index contributed by atoms with van der Waals surface area (Å²) in [7, 11) is 5.88. The standard InChI is InChI=1S/C26H39BN2O6.C22H32BNO4.C7H19NOSi.CO2/c1-23(2)24(3,4)35-27(34-23)15-10-13-25-14-16-29(22(31)33-17-20-11-8-7-9-12-20)26(25,21(30)32-6)19-28(5)18-25;1-17-19(12-9-14-23-27-21(2,3)22(4,5)28-23)13-15-24(17)20(25)26-16-18-10-7-6-8-11-18;1-8(6-9-2)7-10(3,4)5;2-1-3/h7-9,11-12H,10,13-19H2,1-6H3;6-8,10-11H,9,12-16H2,1-5H3;6-7H2,1-5H3;. The molecule has 5 aliphatic rings. The number of rotatable bonds is 17. The molecule has 2 aromatic rings. The topological polar surface area (TPSA) is 172 Å². The second kappa shape index (κ2) is 27.5. The van der Waals surface area contributed by atoms with Gasteiger partial charge in [0, 0.05) is 44.4 Å². The maximum Gasteiger partial charge on any atom is 0.457 e. The fourth-order valence-corrected chi connectivity index (χ4v) is 12.6. The van der Waals surface area contributed by atoms with Crippen molar-refractivity contribution in [1.82, 2.24) is 19.6 Å². The van der Waals surface area contributed by atoms with Crippen LogP contribution in [-0.4, -0.2) is 162 Å². The summed E-state index contributed by atoms with van der Waals surface area (Å²) in [4.78, 5) is 63.1. The number of methoxy groups -OCH3 is 2. The first-order chi connectivity index (χ1) is 35.5. The smallest absolute Gasteiger partial charge is 0.457 e. The van der Waals surface area contributed by atoms with E-state index in [0.29, 0.717) is 32.8 Å². The van der Waals surface area contributed by atoms with Crippen LogP contribution >= 0.6 is 0 Å². The van der Waals surface area contributed by atoms with Crippen molar-refractivity contribution in [3.63, 3.8) is 0 Å². The molecule has 0 radical (unpaired) electrons. The quantitative estimate of drug-likeness (QED) is 0.0634. The lowest BCUT2D eigenvalue weighted by atomic mass is 9.67. The van der Waals surface area contributed by atoms with E-state index in [0.717, 1.165) is 74.7 Å². The molecule has 0 bridgehead atoms. The molecule has 4 saturated heterocycles. The zero-order valence-electron chi connectivity index (χ0n) is 48.8. The van der Waals surface area contributed by atoms with Crippen LogP contribution in [-0.2, 0) is 65.2 Å². The molecule has 4 fully saturated rings. The van der Waals surface area contributed by atoms with Crippen LogP contribution in [0.15, 0.2) is 71.9 Å². The Kier molecular flexibility index (Phi) is 23.2. The van der Waals surface area contributed by atoms with Crippen LogP contribution in [0.1, 0.15) is 112 Å². The Bertz CT molecular complexity index is 2230. The first-order valence-electron chi connectivity index (χ1n) is 26.8. The number of allylic oxidation sites excluding steroid dienone is 1. The van der Waals surface area contributed by atoms with E-state index < -0.39 is 25.1 Å². The van der Waals surface area contributed by atoms with E-state index in [1.807, 2.05) is 74.6 Å². The molecule has 2 amide bonds. The number of ether oxygens (including phenoxy) is 4. The van der Waals surface area contributed by atoms with E-state index >= 15 is 0 Å². The Morgan fingerprint density at radius 2 is 1.20 bits per heavy atom. The third kappa shape index (κ3) is 16.6. The molecule has 2 atom stereocenters. The molecule has 2 unspecified atom stereocenters. The predicted molar refractivity (Wildman–Crippen MR) is 296 cm³/mol. The van der Waals surface area contributed by atoms with Crippen LogP contribution in [0.25, 0.3) is 0 Å². The largest absolute Gasteiger partial charge is 0.467 e. The Morgan fingerprint density at radius 1 is 0.724 bits per heavy atom. The van der Waals surface area contributed by atoms with Crippen LogP contribution < -0.4 is 0 Å². The first-order valence-corrected chi connectivity index (χ1v) is 30.5. The second-order valence-electron chi connectivity index (χ2n) is 24.1. The number of nitrogens with zero attached hydrogens (tertiary/aromatic N) is 4. The first kappa shape index (κ1) is 64.2. The average Bonchev–Trinajstić information content (AvgIpc) is 4.06. The molecule has 17 nitrogen and oxygen atoms in total. The van der Waals surface area contributed by atoms with Gasteiger partial charge >= 0.3 is 38.5 Å². The molecule has 0 aromatic heterocycles. The van der Waals surface area contributed by atoms with E-state index in [-0.39, 0.29) is 61.5 Å². The minimum atomic E-state index is -1.07. The predicted octanol–water partition coefficient (Wildman–Crippen LogP) is 9.74. The SMILES string of the molecule is CC1=C(CCCB2OC(C)(C)C(C)(C)O2)CCN1C(=O)OCc1ccccc1.COC(=O)C12CN(C)CC1(CCCB1OC(C)(C)C(C)(C)O1)CCN2C(=O)OCc1ccccc1.COCN(C)C[Si](C)(C)C.O=C=O. The van der Waals surface area contributed by atoms with Crippen molar-refractivity contribution in [2.24, 2.45) is 5.41 Å². The van der Waals surface area contributed by atoms with Gasteiger partial charge in [-0.05, 0) is 138 Å². The summed E-state index contributed by atoms with van der Waals surface area (Å²) in [5.41, 5.74) is 1.49. The van der Waals surface area contributed by atoms with Gasteiger partial charge in [0.1, 0.15) is 13.2 Å². The zero-order chi connectivity index (χ0) is 56.8. The highest BCUT2D eigenvalue weighted by molar-refractivity contribution is 6.76. The van der Waals surface area contributed by atoms with Gasteiger partial charge in [-0.3, -0.25) is 14.7 Å². The number of esters is 1. The number of likely N-dealkylation sites (tertiary alicyclic amines) is 2. The molecular weight excluding hydrogens is 986 g/mol. The molecular formula is C56H90B2N4O13Si. The Labute approximate surface area is 456 Å². The lowest BCUT2D eigenvalue weighted by Gasteiger charge is -2.41. The summed E-state index contributed by atoms with van der Waals surface area (Å²) < 4.78 is 46.0. The Hall–Kier alpha value is -4.36. The number of amides is 2. The normalized spacial score (nSPS) is 22.9. The molecule has 7 rings (SSSR count). The summed E-state index contributed by atoms with van der Waals surface area (Å²) in [6, 6.07) is 19.3. The fourth-order valence-electron chi connectivity index (χ4n) is 10.9. The van der Waals surface area contributed by atoms with Gasteiger partial charge in [0.15, 0.2) is 5.54 Å². The van der Waals surface area contributed by atoms with E-state index in [9.17, 15) is 14.4 Å². The molecule has 0 saturated carbocycles. The van der Waals surface area contributed by atoms with Crippen LogP contribution in [0, 0.1) is 5.41 Å². The molecule has 0 N–H and O–H groups in total.